The van der Waals surface area contributed by atoms with Crippen LogP contribution in [-0.4, -0.2) is 21.7 Å². The summed E-state index contributed by atoms with van der Waals surface area (Å²) in [7, 11) is 0. The summed E-state index contributed by atoms with van der Waals surface area (Å²) >= 11 is 0. The van der Waals surface area contributed by atoms with Crippen molar-refractivity contribution in [3.8, 4) is 0 Å². The molecular weight excluding hydrogens is 248 g/mol. The van der Waals surface area contributed by atoms with Crippen molar-refractivity contribution in [3.05, 3.63) is 17.7 Å². The Hall–Kier alpha value is -1.03. The van der Waals surface area contributed by atoms with Gasteiger partial charge in [-0.2, -0.15) is 5.10 Å². The molecule has 4 fully saturated rings. The summed E-state index contributed by atoms with van der Waals surface area (Å²) < 4.78 is 0. The van der Waals surface area contributed by atoms with Crippen LogP contribution in [0.5, 0.6) is 0 Å². The molecule has 4 bridgehead atoms. The maximum atomic E-state index is 5.58. The van der Waals surface area contributed by atoms with Gasteiger partial charge in [-0.15, -0.1) is 5.10 Å². The monoisotopic (exact) mass is 272 g/mol. The molecule has 0 spiro atoms. The van der Waals surface area contributed by atoms with Gasteiger partial charge < -0.3 is 5.73 Å². The fourth-order valence-corrected chi connectivity index (χ4v) is 5.39. The van der Waals surface area contributed by atoms with Crippen LogP contribution in [0.15, 0.2) is 6.20 Å². The zero-order chi connectivity index (χ0) is 13.6. The fraction of sp³-hybridized carbons (Fsp3) is 0.812. The Labute approximate surface area is 120 Å². The SMILES string of the molecule is NCCCc1nncc(C23CC4CC(CC(C4)C2)C3)n1. The number of hydrogen-bond donors (Lipinski definition) is 1. The van der Waals surface area contributed by atoms with Gasteiger partial charge in [0, 0.05) is 11.8 Å². The van der Waals surface area contributed by atoms with Crippen LogP contribution in [-0.2, 0) is 11.8 Å². The van der Waals surface area contributed by atoms with Crippen LogP contribution in [0, 0.1) is 17.8 Å². The van der Waals surface area contributed by atoms with E-state index in [0.29, 0.717) is 12.0 Å². The predicted molar refractivity (Wildman–Crippen MR) is 77.1 cm³/mol. The number of aryl methyl sites for hydroxylation is 1. The predicted octanol–water partition coefficient (Wildman–Crippen LogP) is 2.23. The molecule has 0 atom stereocenters. The fourth-order valence-electron chi connectivity index (χ4n) is 5.39. The van der Waals surface area contributed by atoms with Gasteiger partial charge in [0.05, 0.1) is 11.9 Å². The second kappa shape index (κ2) is 4.76. The lowest BCUT2D eigenvalue weighted by molar-refractivity contribution is -0.00759. The largest absolute Gasteiger partial charge is 0.330 e. The molecule has 108 valence electrons. The van der Waals surface area contributed by atoms with Gasteiger partial charge in [-0.1, -0.05) is 0 Å². The molecule has 2 N–H and O–H groups in total. The van der Waals surface area contributed by atoms with Crippen molar-refractivity contribution in [1.82, 2.24) is 15.2 Å². The minimum absolute atomic E-state index is 0.335. The van der Waals surface area contributed by atoms with Crippen molar-refractivity contribution in [2.24, 2.45) is 23.5 Å². The van der Waals surface area contributed by atoms with Crippen LogP contribution in [0.4, 0.5) is 0 Å². The summed E-state index contributed by atoms with van der Waals surface area (Å²) in [5, 5.41) is 8.43. The quantitative estimate of drug-likeness (QED) is 0.913. The van der Waals surface area contributed by atoms with Gasteiger partial charge in [0.15, 0.2) is 5.82 Å². The van der Waals surface area contributed by atoms with E-state index in [1.165, 1.54) is 44.2 Å². The summed E-state index contributed by atoms with van der Waals surface area (Å²) in [5.74, 6) is 3.74. The molecule has 20 heavy (non-hydrogen) atoms. The Balaban J connectivity index is 1.63. The lowest BCUT2D eigenvalue weighted by Gasteiger charge is -2.56. The molecule has 0 amide bonds. The number of nitrogens with two attached hydrogens (primary N) is 1. The smallest absolute Gasteiger partial charge is 0.151 e. The van der Waals surface area contributed by atoms with Gasteiger partial charge in [0.25, 0.3) is 0 Å². The van der Waals surface area contributed by atoms with Crippen LogP contribution in [0.25, 0.3) is 0 Å². The molecule has 0 aliphatic heterocycles. The van der Waals surface area contributed by atoms with Crippen LogP contribution in [0.1, 0.15) is 56.5 Å². The third-order valence-corrected chi connectivity index (χ3v) is 5.79. The lowest BCUT2D eigenvalue weighted by atomic mass is 9.49. The summed E-state index contributed by atoms with van der Waals surface area (Å²) in [6.45, 7) is 0.699. The molecule has 4 heteroatoms. The highest BCUT2D eigenvalue weighted by Crippen LogP contribution is 2.60. The average Bonchev–Trinajstić information content (AvgIpc) is 2.44. The maximum absolute atomic E-state index is 5.58. The molecule has 4 nitrogen and oxygen atoms in total. The first-order chi connectivity index (χ1) is 9.77. The second-order valence-electron chi connectivity index (χ2n) is 7.35. The maximum Gasteiger partial charge on any atom is 0.151 e. The van der Waals surface area contributed by atoms with E-state index in [-0.39, 0.29) is 0 Å². The van der Waals surface area contributed by atoms with E-state index in [2.05, 4.69) is 10.2 Å². The Morgan fingerprint density at radius 3 is 2.35 bits per heavy atom. The summed E-state index contributed by atoms with van der Waals surface area (Å²) in [5.41, 5.74) is 7.16. The highest BCUT2D eigenvalue weighted by atomic mass is 15.1. The zero-order valence-electron chi connectivity index (χ0n) is 12.1. The van der Waals surface area contributed by atoms with E-state index in [1.807, 2.05) is 6.20 Å². The van der Waals surface area contributed by atoms with Gasteiger partial charge in [0.1, 0.15) is 0 Å². The van der Waals surface area contributed by atoms with E-state index in [0.717, 1.165) is 36.4 Å². The molecule has 1 aromatic rings. The second-order valence-corrected chi connectivity index (χ2v) is 7.35. The molecule has 4 saturated carbocycles. The Morgan fingerprint density at radius 2 is 1.75 bits per heavy atom. The third-order valence-electron chi connectivity index (χ3n) is 5.79. The van der Waals surface area contributed by atoms with Gasteiger partial charge >= 0.3 is 0 Å². The van der Waals surface area contributed by atoms with Crippen LogP contribution in [0.3, 0.4) is 0 Å². The van der Waals surface area contributed by atoms with Gasteiger partial charge in [-0.05, 0) is 69.2 Å². The molecule has 5 rings (SSSR count). The standard InChI is InChI=1S/C16H24N4/c17-3-1-2-15-19-14(10-18-20-15)16-7-11-4-12(8-16)6-13(5-11)9-16/h10-13H,1-9,17H2. The van der Waals surface area contributed by atoms with E-state index in [1.54, 1.807) is 0 Å². The Kier molecular flexibility index (Phi) is 3.02. The van der Waals surface area contributed by atoms with Gasteiger partial charge in [0.2, 0.25) is 0 Å². The average molecular weight is 272 g/mol. The van der Waals surface area contributed by atoms with Crippen LogP contribution in [0.2, 0.25) is 0 Å². The summed E-state index contributed by atoms with van der Waals surface area (Å²) in [6.07, 6.45) is 12.2. The van der Waals surface area contributed by atoms with Crippen molar-refractivity contribution >= 4 is 0 Å². The molecule has 1 heterocycles. The van der Waals surface area contributed by atoms with Gasteiger partial charge in [-0.25, -0.2) is 4.98 Å². The Bertz CT molecular complexity index is 464. The summed E-state index contributed by atoms with van der Waals surface area (Å²) in [4.78, 5) is 4.87. The van der Waals surface area contributed by atoms with E-state index in [4.69, 9.17) is 10.7 Å². The molecule has 0 radical (unpaired) electrons. The molecule has 1 aromatic heterocycles. The molecule has 4 aliphatic carbocycles. The van der Waals surface area contributed by atoms with Crippen molar-refractivity contribution in [3.63, 3.8) is 0 Å². The number of rotatable bonds is 4. The lowest BCUT2D eigenvalue weighted by Crippen LogP contribution is -2.49. The van der Waals surface area contributed by atoms with E-state index < -0.39 is 0 Å². The first kappa shape index (κ1) is 12.7. The number of aromatic nitrogens is 3. The normalized spacial score (nSPS) is 38.4. The van der Waals surface area contributed by atoms with Crippen molar-refractivity contribution in [2.75, 3.05) is 6.54 Å². The zero-order valence-corrected chi connectivity index (χ0v) is 12.1. The first-order valence-corrected chi connectivity index (χ1v) is 8.16. The van der Waals surface area contributed by atoms with Crippen LogP contribution < -0.4 is 5.73 Å². The molecule has 0 aromatic carbocycles. The number of hydrogen-bond acceptors (Lipinski definition) is 4. The topological polar surface area (TPSA) is 64.7 Å². The summed E-state index contributed by atoms with van der Waals surface area (Å²) in [6, 6.07) is 0. The molecule has 0 unspecified atom stereocenters. The molecule has 4 aliphatic rings. The van der Waals surface area contributed by atoms with E-state index in [9.17, 15) is 0 Å². The Morgan fingerprint density at radius 1 is 1.10 bits per heavy atom. The third kappa shape index (κ3) is 2.05. The molecular formula is C16H24N4. The van der Waals surface area contributed by atoms with Crippen molar-refractivity contribution < 1.29 is 0 Å². The molecule has 0 saturated heterocycles. The van der Waals surface area contributed by atoms with Crippen molar-refractivity contribution in [1.29, 1.82) is 0 Å². The number of nitrogens with zero attached hydrogens (tertiary/aromatic N) is 3. The van der Waals surface area contributed by atoms with Crippen LogP contribution >= 0.6 is 0 Å². The van der Waals surface area contributed by atoms with Crippen molar-refractivity contribution in [2.45, 2.75) is 56.8 Å². The highest BCUT2D eigenvalue weighted by Gasteiger charge is 2.52. The highest BCUT2D eigenvalue weighted by molar-refractivity contribution is 5.20. The minimum Gasteiger partial charge on any atom is -0.330 e. The first-order valence-electron chi connectivity index (χ1n) is 8.16. The van der Waals surface area contributed by atoms with E-state index >= 15 is 0 Å². The minimum atomic E-state index is 0.335. The van der Waals surface area contributed by atoms with Gasteiger partial charge in [-0.3, -0.25) is 0 Å².